The molecule has 0 amide bonds. The molecule has 4 nitrogen and oxygen atoms in total. The van der Waals surface area contributed by atoms with Gasteiger partial charge in [0.2, 0.25) is 0 Å². The fourth-order valence-electron chi connectivity index (χ4n) is 2.29. The minimum Gasteiger partial charge on any atom is -0.461 e. The normalized spacial score (nSPS) is 10.6. The van der Waals surface area contributed by atoms with Crippen molar-refractivity contribution in [2.75, 3.05) is 6.61 Å². The first-order valence-electron chi connectivity index (χ1n) is 7.37. The molecule has 0 saturated heterocycles. The molecule has 0 aliphatic rings. The fourth-order valence-corrected chi connectivity index (χ4v) is 2.56. The van der Waals surface area contributed by atoms with Gasteiger partial charge in [-0.15, -0.1) is 0 Å². The Labute approximate surface area is 147 Å². The molecule has 1 aromatic heterocycles. The van der Waals surface area contributed by atoms with Crippen LogP contribution in [-0.4, -0.2) is 22.4 Å². The lowest BCUT2D eigenvalue weighted by atomic mass is 10.1. The molecule has 0 fully saturated rings. The van der Waals surface area contributed by atoms with Crippen LogP contribution in [0.15, 0.2) is 59.2 Å². The summed E-state index contributed by atoms with van der Waals surface area (Å²) in [7, 11) is 0. The molecule has 0 aliphatic carbocycles. The van der Waals surface area contributed by atoms with Crippen molar-refractivity contribution in [3.05, 3.63) is 70.7 Å². The highest BCUT2D eigenvalue weighted by molar-refractivity contribution is 9.10. The molecule has 24 heavy (non-hydrogen) atoms. The highest BCUT2D eigenvalue weighted by Crippen LogP contribution is 2.26. The number of hydrogen-bond donors (Lipinski definition) is 0. The van der Waals surface area contributed by atoms with Crippen LogP contribution in [0.1, 0.15) is 17.4 Å². The van der Waals surface area contributed by atoms with Crippen molar-refractivity contribution in [3.63, 3.8) is 0 Å². The lowest BCUT2D eigenvalue weighted by Crippen LogP contribution is -2.07. The van der Waals surface area contributed by atoms with Gasteiger partial charge in [-0.1, -0.05) is 28.1 Å². The van der Waals surface area contributed by atoms with E-state index < -0.39 is 5.97 Å². The van der Waals surface area contributed by atoms with Gasteiger partial charge < -0.3 is 4.74 Å². The molecule has 3 aromatic rings. The van der Waals surface area contributed by atoms with E-state index in [4.69, 9.17) is 4.74 Å². The number of hydrogen-bond acceptors (Lipinski definition) is 3. The van der Waals surface area contributed by atoms with Crippen molar-refractivity contribution in [2.45, 2.75) is 6.92 Å². The number of esters is 1. The van der Waals surface area contributed by atoms with Crippen LogP contribution in [0, 0.1) is 5.82 Å². The average Bonchev–Trinajstić information content (AvgIpc) is 3.02. The Morgan fingerprint density at radius 3 is 2.46 bits per heavy atom. The van der Waals surface area contributed by atoms with Crippen molar-refractivity contribution in [1.82, 2.24) is 9.78 Å². The van der Waals surface area contributed by atoms with Gasteiger partial charge in [0.25, 0.3) is 0 Å². The summed E-state index contributed by atoms with van der Waals surface area (Å²) in [4.78, 5) is 12.2. The standard InChI is InChI=1S/C18H14BrFN2O2/c1-2-24-18(23)17-16(12-3-7-14(20)8-4-12)11-22(21-17)15-9-5-13(19)6-10-15/h3-11H,2H2,1H3. The minimum absolute atomic E-state index is 0.200. The second-order valence-corrected chi connectivity index (χ2v) is 5.96. The molecule has 0 saturated carbocycles. The number of nitrogens with zero attached hydrogens (tertiary/aromatic N) is 2. The first kappa shape index (κ1) is 16.4. The molecule has 3 rings (SSSR count). The minimum atomic E-state index is -0.507. The van der Waals surface area contributed by atoms with E-state index in [-0.39, 0.29) is 18.1 Å². The summed E-state index contributed by atoms with van der Waals surface area (Å²) in [5.74, 6) is -0.843. The summed E-state index contributed by atoms with van der Waals surface area (Å²) in [6.45, 7) is 1.99. The first-order chi connectivity index (χ1) is 11.6. The Morgan fingerprint density at radius 2 is 1.83 bits per heavy atom. The Balaban J connectivity index is 2.10. The number of rotatable bonds is 4. The summed E-state index contributed by atoms with van der Waals surface area (Å²) in [6.07, 6.45) is 1.74. The van der Waals surface area contributed by atoms with Gasteiger partial charge in [-0.25, -0.2) is 13.9 Å². The van der Waals surface area contributed by atoms with Gasteiger partial charge >= 0.3 is 5.97 Å². The Bertz CT molecular complexity index is 858. The van der Waals surface area contributed by atoms with Crippen molar-refractivity contribution in [3.8, 4) is 16.8 Å². The van der Waals surface area contributed by atoms with E-state index in [1.807, 2.05) is 24.3 Å². The molecular formula is C18H14BrFN2O2. The number of carbonyl (C=O) groups is 1. The van der Waals surface area contributed by atoms with E-state index in [0.29, 0.717) is 11.1 Å². The first-order valence-corrected chi connectivity index (χ1v) is 8.16. The molecule has 0 radical (unpaired) electrons. The predicted octanol–water partition coefficient (Wildman–Crippen LogP) is 4.62. The Hall–Kier alpha value is -2.47. The molecule has 0 atom stereocenters. The third-order valence-corrected chi connectivity index (χ3v) is 3.96. The van der Waals surface area contributed by atoms with Crippen LogP contribution in [0.5, 0.6) is 0 Å². The SMILES string of the molecule is CCOC(=O)c1nn(-c2ccc(Br)cc2)cc1-c1ccc(F)cc1. The van der Waals surface area contributed by atoms with Crippen molar-refractivity contribution in [1.29, 1.82) is 0 Å². The summed E-state index contributed by atoms with van der Waals surface area (Å²) >= 11 is 3.39. The molecule has 6 heteroatoms. The topological polar surface area (TPSA) is 44.1 Å². The van der Waals surface area contributed by atoms with Crippen molar-refractivity contribution >= 4 is 21.9 Å². The molecule has 0 spiro atoms. The third-order valence-electron chi connectivity index (χ3n) is 3.43. The number of carbonyl (C=O) groups excluding carboxylic acids is 1. The number of benzene rings is 2. The van der Waals surface area contributed by atoms with Crippen molar-refractivity contribution < 1.29 is 13.9 Å². The van der Waals surface area contributed by atoms with Gasteiger partial charge in [0, 0.05) is 16.2 Å². The molecule has 1 heterocycles. The lowest BCUT2D eigenvalue weighted by molar-refractivity contribution is 0.0520. The van der Waals surface area contributed by atoms with Crippen LogP contribution in [0.25, 0.3) is 16.8 Å². The number of ether oxygens (including phenoxy) is 1. The second-order valence-electron chi connectivity index (χ2n) is 5.04. The summed E-state index contributed by atoms with van der Waals surface area (Å²) in [6, 6.07) is 13.4. The van der Waals surface area contributed by atoms with E-state index in [1.165, 1.54) is 12.1 Å². The zero-order valence-corrected chi connectivity index (χ0v) is 14.5. The maximum Gasteiger partial charge on any atom is 0.359 e. The number of aromatic nitrogens is 2. The predicted molar refractivity (Wildman–Crippen MR) is 92.6 cm³/mol. The van der Waals surface area contributed by atoms with Crippen LogP contribution in [0.3, 0.4) is 0 Å². The monoisotopic (exact) mass is 388 g/mol. The average molecular weight is 389 g/mol. The molecule has 122 valence electrons. The Kier molecular flexibility index (Phi) is 4.76. The van der Waals surface area contributed by atoms with Gasteiger partial charge in [-0.05, 0) is 48.9 Å². The van der Waals surface area contributed by atoms with Crippen LogP contribution >= 0.6 is 15.9 Å². The molecule has 0 bridgehead atoms. The quantitative estimate of drug-likeness (QED) is 0.612. The van der Waals surface area contributed by atoms with E-state index in [0.717, 1.165) is 10.2 Å². The second kappa shape index (κ2) is 6.97. The van der Waals surface area contributed by atoms with Crippen LogP contribution in [0.2, 0.25) is 0 Å². The van der Waals surface area contributed by atoms with E-state index in [9.17, 15) is 9.18 Å². The maximum absolute atomic E-state index is 13.2. The van der Waals surface area contributed by atoms with Crippen molar-refractivity contribution in [2.24, 2.45) is 0 Å². The summed E-state index contributed by atoms with van der Waals surface area (Å²) in [5, 5.41) is 4.36. The highest BCUT2D eigenvalue weighted by atomic mass is 79.9. The van der Waals surface area contributed by atoms with Crippen LogP contribution < -0.4 is 0 Å². The smallest absolute Gasteiger partial charge is 0.359 e. The van der Waals surface area contributed by atoms with Gasteiger partial charge in [-0.2, -0.15) is 5.10 Å². The zero-order chi connectivity index (χ0) is 17.1. The van der Waals surface area contributed by atoms with Gasteiger partial charge in [0.05, 0.1) is 12.3 Å². The fraction of sp³-hybridized carbons (Fsp3) is 0.111. The lowest BCUT2D eigenvalue weighted by Gasteiger charge is -2.02. The largest absolute Gasteiger partial charge is 0.461 e. The van der Waals surface area contributed by atoms with Crippen LogP contribution in [-0.2, 0) is 4.74 Å². The molecule has 2 aromatic carbocycles. The summed E-state index contributed by atoms with van der Waals surface area (Å²) < 4.78 is 20.8. The van der Waals surface area contributed by atoms with Crippen LogP contribution in [0.4, 0.5) is 4.39 Å². The molecular weight excluding hydrogens is 375 g/mol. The van der Waals surface area contributed by atoms with Gasteiger partial charge in [-0.3, -0.25) is 0 Å². The Morgan fingerprint density at radius 1 is 1.17 bits per heavy atom. The van der Waals surface area contributed by atoms with Gasteiger partial charge in [0.15, 0.2) is 5.69 Å². The molecule has 0 aliphatic heterocycles. The number of halogens is 2. The molecule has 0 N–H and O–H groups in total. The maximum atomic E-state index is 13.2. The highest BCUT2D eigenvalue weighted by Gasteiger charge is 2.20. The zero-order valence-electron chi connectivity index (χ0n) is 12.9. The third kappa shape index (κ3) is 3.38. The van der Waals surface area contributed by atoms with E-state index >= 15 is 0 Å². The van der Waals surface area contributed by atoms with E-state index in [1.54, 1.807) is 29.9 Å². The summed E-state index contributed by atoms with van der Waals surface area (Å²) in [5.41, 5.74) is 2.29. The molecule has 0 unspecified atom stereocenters. The van der Waals surface area contributed by atoms with E-state index in [2.05, 4.69) is 21.0 Å². The van der Waals surface area contributed by atoms with Gasteiger partial charge in [0.1, 0.15) is 5.82 Å².